The summed E-state index contributed by atoms with van der Waals surface area (Å²) in [7, 11) is 0. The molecule has 0 aliphatic rings. The second kappa shape index (κ2) is 4.65. The first-order valence-corrected chi connectivity index (χ1v) is 5.04. The molecule has 17 heavy (non-hydrogen) atoms. The lowest BCUT2D eigenvalue weighted by molar-refractivity contribution is 0.0947. The lowest BCUT2D eigenvalue weighted by Gasteiger charge is -2.01. The van der Waals surface area contributed by atoms with Crippen molar-refractivity contribution in [3.63, 3.8) is 0 Å². The van der Waals surface area contributed by atoms with Gasteiger partial charge in [0.05, 0.1) is 12.2 Å². The number of hydrogen-bond donors (Lipinski definition) is 2. The summed E-state index contributed by atoms with van der Waals surface area (Å²) in [6.07, 6.45) is 1.43. The van der Waals surface area contributed by atoms with Gasteiger partial charge in [0.15, 0.2) is 5.76 Å². The van der Waals surface area contributed by atoms with E-state index in [1.54, 1.807) is 13.0 Å². The highest BCUT2D eigenvalue weighted by Gasteiger charge is 2.07. The number of hydrogen-bond acceptors (Lipinski definition) is 4. The minimum Gasteiger partial charge on any atom is -0.359 e. The van der Waals surface area contributed by atoms with Crippen molar-refractivity contribution < 1.29 is 9.32 Å². The molecule has 2 N–H and O–H groups in total. The summed E-state index contributed by atoms with van der Waals surface area (Å²) >= 11 is 0. The van der Waals surface area contributed by atoms with Crippen molar-refractivity contribution >= 4 is 5.91 Å². The zero-order valence-corrected chi connectivity index (χ0v) is 9.19. The van der Waals surface area contributed by atoms with Crippen LogP contribution in [0.4, 0.5) is 0 Å². The van der Waals surface area contributed by atoms with E-state index in [2.05, 4.69) is 15.5 Å². The van der Waals surface area contributed by atoms with E-state index in [4.69, 9.17) is 4.52 Å². The molecule has 0 aliphatic carbocycles. The van der Waals surface area contributed by atoms with Gasteiger partial charge in [-0.15, -0.1) is 0 Å². The van der Waals surface area contributed by atoms with Crippen LogP contribution in [0.1, 0.15) is 21.8 Å². The van der Waals surface area contributed by atoms with Gasteiger partial charge in [-0.2, -0.15) is 0 Å². The highest BCUT2D eigenvalue weighted by molar-refractivity contribution is 5.93. The molecule has 1 amide bonds. The van der Waals surface area contributed by atoms with Crippen LogP contribution in [0.15, 0.2) is 33.7 Å². The predicted molar refractivity (Wildman–Crippen MR) is 59.5 cm³/mol. The van der Waals surface area contributed by atoms with Gasteiger partial charge < -0.3 is 14.8 Å². The van der Waals surface area contributed by atoms with Gasteiger partial charge in [0.2, 0.25) is 5.56 Å². The van der Waals surface area contributed by atoms with E-state index in [-0.39, 0.29) is 18.0 Å². The van der Waals surface area contributed by atoms with Crippen molar-refractivity contribution in [2.75, 3.05) is 0 Å². The molecule has 0 fully saturated rings. The maximum absolute atomic E-state index is 11.7. The molecule has 0 aromatic carbocycles. The molecular formula is C11H11N3O3. The Labute approximate surface area is 96.6 Å². The molecule has 6 heteroatoms. The average Bonchev–Trinajstić information content (AvgIpc) is 2.72. The quantitative estimate of drug-likeness (QED) is 0.812. The van der Waals surface area contributed by atoms with Gasteiger partial charge in [-0.25, -0.2) is 0 Å². The van der Waals surface area contributed by atoms with Crippen LogP contribution in [0.25, 0.3) is 0 Å². The van der Waals surface area contributed by atoms with Crippen LogP contribution in [0.5, 0.6) is 0 Å². The zero-order chi connectivity index (χ0) is 12.3. The van der Waals surface area contributed by atoms with Crippen molar-refractivity contribution in [1.29, 1.82) is 0 Å². The van der Waals surface area contributed by atoms with Crippen molar-refractivity contribution in [1.82, 2.24) is 15.5 Å². The molecule has 0 saturated carbocycles. The molecule has 0 bridgehead atoms. The topological polar surface area (TPSA) is 88.0 Å². The van der Waals surface area contributed by atoms with Crippen LogP contribution in [-0.4, -0.2) is 16.0 Å². The molecular weight excluding hydrogens is 222 g/mol. The van der Waals surface area contributed by atoms with Crippen LogP contribution in [-0.2, 0) is 6.54 Å². The second-order valence-corrected chi connectivity index (χ2v) is 3.56. The number of carbonyl (C=O) groups is 1. The molecule has 6 nitrogen and oxygen atoms in total. The number of rotatable bonds is 3. The van der Waals surface area contributed by atoms with E-state index >= 15 is 0 Å². The minimum atomic E-state index is -0.329. The van der Waals surface area contributed by atoms with E-state index in [9.17, 15) is 9.59 Å². The number of aromatic amines is 1. The Morgan fingerprint density at radius 1 is 1.53 bits per heavy atom. The molecule has 2 aromatic heterocycles. The third kappa shape index (κ3) is 2.81. The van der Waals surface area contributed by atoms with Gasteiger partial charge in [-0.05, 0) is 13.0 Å². The number of amides is 1. The lowest BCUT2D eigenvalue weighted by Crippen LogP contribution is -2.24. The molecule has 2 rings (SSSR count). The molecule has 0 spiro atoms. The first-order chi connectivity index (χ1) is 8.15. The lowest BCUT2D eigenvalue weighted by atomic mass is 10.2. The predicted octanol–water partition coefficient (Wildman–Crippen LogP) is 0.601. The summed E-state index contributed by atoms with van der Waals surface area (Å²) in [4.78, 5) is 25.1. The van der Waals surface area contributed by atoms with E-state index in [0.717, 1.165) is 5.69 Å². The smallest absolute Gasteiger partial charge is 0.251 e. The Hall–Kier alpha value is -2.37. The molecule has 88 valence electrons. The Morgan fingerprint density at radius 2 is 2.35 bits per heavy atom. The number of nitrogens with one attached hydrogen (secondary N) is 2. The van der Waals surface area contributed by atoms with Crippen molar-refractivity contribution in [3.05, 3.63) is 51.8 Å². The second-order valence-electron chi connectivity index (χ2n) is 3.56. The summed E-state index contributed by atoms with van der Waals surface area (Å²) in [5.74, 6) is 0.242. The summed E-state index contributed by atoms with van der Waals surface area (Å²) in [6, 6.07) is 4.50. The average molecular weight is 233 g/mol. The zero-order valence-electron chi connectivity index (χ0n) is 9.19. The monoisotopic (exact) mass is 233 g/mol. The Morgan fingerprint density at radius 3 is 3.00 bits per heavy atom. The molecule has 0 aliphatic heterocycles. The number of H-pyrrole nitrogens is 1. The summed E-state index contributed by atoms with van der Waals surface area (Å²) in [6.45, 7) is 2.04. The van der Waals surface area contributed by atoms with Gasteiger partial charge >= 0.3 is 0 Å². The molecule has 0 radical (unpaired) electrons. The van der Waals surface area contributed by atoms with Gasteiger partial charge in [-0.3, -0.25) is 9.59 Å². The normalized spacial score (nSPS) is 10.2. The SMILES string of the molecule is Cc1cc(CNC(=O)c2cc[nH]c(=O)c2)on1. The highest BCUT2D eigenvalue weighted by Crippen LogP contribution is 2.02. The number of pyridine rings is 1. The number of nitrogens with zero attached hydrogens (tertiary/aromatic N) is 1. The summed E-state index contributed by atoms with van der Waals surface area (Å²) in [5.41, 5.74) is 0.753. The van der Waals surface area contributed by atoms with Gasteiger partial charge in [0.25, 0.3) is 5.91 Å². The Balaban J connectivity index is 2.00. The fraction of sp³-hybridized carbons (Fsp3) is 0.182. The van der Waals surface area contributed by atoms with Crippen LogP contribution in [0, 0.1) is 6.92 Å². The number of aromatic nitrogens is 2. The van der Waals surface area contributed by atoms with Crippen molar-refractivity contribution in [3.8, 4) is 0 Å². The maximum atomic E-state index is 11.7. The molecule has 0 atom stereocenters. The van der Waals surface area contributed by atoms with Gasteiger partial charge in [0, 0.05) is 23.9 Å². The van der Waals surface area contributed by atoms with E-state index in [1.165, 1.54) is 18.3 Å². The van der Waals surface area contributed by atoms with E-state index in [1.807, 2.05) is 0 Å². The van der Waals surface area contributed by atoms with Gasteiger partial charge in [-0.1, -0.05) is 5.16 Å². The van der Waals surface area contributed by atoms with Gasteiger partial charge in [0.1, 0.15) is 0 Å². The van der Waals surface area contributed by atoms with Crippen LogP contribution < -0.4 is 10.9 Å². The number of carbonyl (C=O) groups excluding carboxylic acids is 1. The van der Waals surface area contributed by atoms with Crippen LogP contribution in [0.2, 0.25) is 0 Å². The Bertz CT molecular complexity index is 585. The molecule has 2 heterocycles. The first-order valence-electron chi connectivity index (χ1n) is 5.04. The minimum absolute atomic E-state index is 0.243. The van der Waals surface area contributed by atoms with Crippen LogP contribution in [0.3, 0.4) is 0 Å². The van der Waals surface area contributed by atoms with Crippen molar-refractivity contribution in [2.45, 2.75) is 13.5 Å². The summed E-state index contributed by atoms with van der Waals surface area (Å²) < 4.78 is 4.94. The third-order valence-electron chi connectivity index (χ3n) is 2.14. The third-order valence-corrected chi connectivity index (χ3v) is 2.14. The maximum Gasteiger partial charge on any atom is 0.251 e. The van der Waals surface area contributed by atoms with E-state index < -0.39 is 0 Å². The fourth-order valence-corrected chi connectivity index (χ4v) is 1.35. The summed E-state index contributed by atoms with van der Waals surface area (Å²) in [5, 5.41) is 6.33. The standard InChI is InChI=1S/C11H11N3O3/c1-7-4-9(17-14-7)6-13-11(16)8-2-3-12-10(15)5-8/h2-5H,6H2,1H3,(H,12,15)(H,13,16). The van der Waals surface area contributed by atoms with E-state index in [0.29, 0.717) is 11.3 Å². The largest absolute Gasteiger partial charge is 0.359 e. The molecule has 0 unspecified atom stereocenters. The number of aryl methyl sites for hydroxylation is 1. The molecule has 2 aromatic rings. The van der Waals surface area contributed by atoms with Crippen LogP contribution >= 0.6 is 0 Å². The highest BCUT2D eigenvalue weighted by atomic mass is 16.5. The Kier molecular flexibility index (Phi) is 3.04. The molecule has 0 saturated heterocycles. The first kappa shape index (κ1) is 11.1. The fourth-order valence-electron chi connectivity index (χ4n) is 1.35. The van der Waals surface area contributed by atoms with Crippen molar-refractivity contribution in [2.24, 2.45) is 0 Å².